The van der Waals surface area contributed by atoms with Gasteiger partial charge in [0.05, 0.1) is 0 Å². The zero-order valence-corrected chi connectivity index (χ0v) is 10.3. The van der Waals surface area contributed by atoms with Gasteiger partial charge in [0.15, 0.2) is 0 Å². The molecule has 1 aliphatic heterocycles. The molecule has 0 bridgehead atoms. The van der Waals surface area contributed by atoms with Gasteiger partial charge in [-0.25, -0.2) is 0 Å². The second-order valence-corrected chi connectivity index (χ2v) is 4.95. The fourth-order valence-corrected chi connectivity index (χ4v) is 2.47. The molecule has 3 atom stereocenters. The van der Waals surface area contributed by atoms with E-state index in [-0.39, 0.29) is 0 Å². The van der Waals surface area contributed by atoms with E-state index in [1.165, 1.54) is 13.0 Å². The summed E-state index contributed by atoms with van der Waals surface area (Å²) in [4.78, 5) is 2.56. The van der Waals surface area contributed by atoms with Crippen molar-refractivity contribution in [1.29, 1.82) is 0 Å². The van der Waals surface area contributed by atoms with Gasteiger partial charge < -0.3 is 0 Å². The lowest BCUT2D eigenvalue weighted by Crippen LogP contribution is -2.45. The Morgan fingerprint density at radius 2 is 2.00 bits per heavy atom. The van der Waals surface area contributed by atoms with E-state index >= 15 is 0 Å². The largest absolute Gasteiger partial charge is 0.296 e. The van der Waals surface area contributed by atoms with Crippen molar-refractivity contribution in [2.24, 2.45) is 11.8 Å². The summed E-state index contributed by atoms with van der Waals surface area (Å²) in [6.45, 7) is 9.34. The maximum absolute atomic E-state index is 5.61. The van der Waals surface area contributed by atoms with Gasteiger partial charge in [-0.1, -0.05) is 26.0 Å². The highest BCUT2D eigenvalue weighted by atomic mass is 35.5. The normalized spacial score (nSPS) is 35.3. The Morgan fingerprint density at radius 1 is 1.29 bits per heavy atom. The number of hydrogen-bond donors (Lipinski definition) is 0. The molecule has 0 aromatic heterocycles. The van der Waals surface area contributed by atoms with Crippen molar-refractivity contribution in [2.75, 3.05) is 19.0 Å². The van der Waals surface area contributed by atoms with Crippen LogP contribution in [0.1, 0.15) is 27.2 Å². The van der Waals surface area contributed by atoms with Crippen molar-refractivity contribution in [3.8, 4) is 0 Å². The number of hydrogen-bond acceptors (Lipinski definition) is 1. The van der Waals surface area contributed by atoms with Gasteiger partial charge in [0.1, 0.15) is 0 Å². The molecule has 1 heterocycles. The van der Waals surface area contributed by atoms with Crippen molar-refractivity contribution in [2.45, 2.75) is 33.2 Å². The van der Waals surface area contributed by atoms with Crippen LogP contribution < -0.4 is 0 Å². The fraction of sp³-hybridized carbons (Fsp3) is 0.833. The molecule has 0 N–H and O–H groups in total. The minimum Gasteiger partial charge on any atom is -0.296 e. The van der Waals surface area contributed by atoms with Crippen LogP contribution in [0.25, 0.3) is 0 Å². The average molecular weight is 216 g/mol. The molecule has 2 heteroatoms. The Hall–Kier alpha value is -0.0100. The zero-order chi connectivity index (χ0) is 10.6. The second kappa shape index (κ2) is 5.77. The van der Waals surface area contributed by atoms with Gasteiger partial charge >= 0.3 is 0 Å². The van der Waals surface area contributed by atoms with Crippen molar-refractivity contribution in [3.63, 3.8) is 0 Å². The lowest BCUT2D eigenvalue weighted by atomic mass is 9.86. The minimum atomic E-state index is 0.632. The van der Waals surface area contributed by atoms with E-state index in [4.69, 9.17) is 11.6 Å². The minimum absolute atomic E-state index is 0.632. The molecular weight excluding hydrogens is 194 g/mol. The summed E-state index contributed by atoms with van der Waals surface area (Å²) in [7, 11) is 0. The van der Waals surface area contributed by atoms with Crippen molar-refractivity contribution in [3.05, 3.63) is 12.2 Å². The third-order valence-corrected chi connectivity index (χ3v) is 3.49. The number of piperidine rings is 1. The zero-order valence-electron chi connectivity index (χ0n) is 9.54. The van der Waals surface area contributed by atoms with Gasteiger partial charge in [0.25, 0.3) is 0 Å². The number of halogens is 1. The van der Waals surface area contributed by atoms with E-state index in [0.717, 1.165) is 18.4 Å². The van der Waals surface area contributed by atoms with E-state index in [9.17, 15) is 0 Å². The molecule has 1 fully saturated rings. The number of nitrogens with zero attached hydrogens (tertiary/aromatic N) is 1. The number of alkyl halides is 1. The summed E-state index contributed by atoms with van der Waals surface area (Å²) in [5.74, 6) is 2.29. The molecule has 1 aliphatic rings. The lowest BCUT2D eigenvalue weighted by molar-refractivity contribution is 0.0915. The van der Waals surface area contributed by atoms with E-state index in [1.54, 1.807) is 0 Å². The van der Waals surface area contributed by atoms with Gasteiger partial charge in [-0.05, 0) is 25.2 Å². The highest BCUT2D eigenvalue weighted by Gasteiger charge is 2.27. The first-order valence-corrected chi connectivity index (χ1v) is 6.13. The average Bonchev–Trinajstić information content (AvgIpc) is 2.13. The summed E-state index contributed by atoms with van der Waals surface area (Å²) in [5, 5.41) is 0. The van der Waals surface area contributed by atoms with Crippen LogP contribution in [0.5, 0.6) is 0 Å². The van der Waals surface area contributed by atoms with Gasteiger partial charge in [-0.3, -0.25) is 4.90 Å². The summed E-state index contributed by atoms with van der Waals surface area (Å²) in [5.41, 5.74) is 0. The van der Waals surface area contributed by atoms with Crippen molar-refractivity contribution >= 4 is 11.6 Å². The predicted octanol–water partition coefficient (Wildman–Crippen LogP) is 3.15. The van der Waals surface area contributed by atoms with Gasteiger partial charge in [0, 0.05) is 25.0 Å². The molecule has 14 heavy (non-hydrogen) atoms. The predicted molar refractivity (Wildman–Crippen MR) is 63.8 cm³/mol. The van der Waals surface area contributed by atoms with Crippen LogP contribution in [0.4, 0.5) is 0 Å². The van der Waals surface area contributed by atoms with Crippen LogP contribution in [0.15, 0.2) is 12.2 Å². The summed E-state index contributed by atoms with van der Waals surface area (Å²) >= 11 is 5.61. The first-order valence-electron chi connectivity index (χ1n) is 5.60. The topological polar surface area (TPSA) is 3.24 Å². The maximum atomic E-state index is 5.61. The molecule has 1 nitrogen and oxygen atoms in total. The van der Waals surface area contributed by atoms with Gasteiger partial charge in [-0.15, -0.1) is 11.6 Å². The SMILES string of the molecule is CC1CC(C)C(C)N(C/C=C/CCl)C1. The Morgan fingerprint density at radius 3 is 2.64 bits per heavy atom. The molecule has 1 saturated heterocycles. The third-order valence-electron chi connectivity index (χ3n) is 3.32. The number of likely N-dealkylation sites (tertiary alicyclic amines) is 1. The Kier molecular flexibility index (Phi) is 4.97. The highest BCUT2D eigenvalue weighted by molar-refractivity contribution is 6.18. The molecule has 1 rings (SSSR count). The van der Waals surface area contributed by atoms with E-state index in [2.05, 4.69) is 31.7 Å². The van der Waals surface area contributed by atoms with Crippen molar-refractivity contribution < 1.29 is 0 Å². The third kappa shape index (κ3) is 3.29. The van der Waals surface area contributed by atoms with Crippen LogP contribution in [0, 0.1) is 11.8 Å². The molecule has 82 valence electrons. The van der Waals surface area contributed by atoms with Crippen LogP contribution in [-0.2, 0) is 0 Å². The standard InChI is InChI=1S/C12H22ClN/c1-10-8-11(2)12(3)14(9-10)7-5-4-6-13/h4-5,10-12H,6-9H2,1-3H3/b5-4+. The van der Waals surface area contributed by atoms with Crippen molar-refractivity contribution in [1.82, 2.24) is 4.90 Å². The van der Waals surface area contributed by atoms with Crippen LogP contribution in [0.3, 0.4) is 0 Å². The molecule has 0 saturated carbocycles. The van der Waals surface area contributed by atoms with Crippen LogP contribution in [-0.4, -0.2) is 29.9 Å². The Bertz CT molecular complexity index is 191. The first kappa shape index (κ1) is 12.1. The Balaban J connectivity index is 2.45. The van der Waals surface area contributed by atoms with Gasteiger partial charge in [-0.2, -0.15) is 0 Å². The Labute approximate surface area is 93.1 Å². The van der Waals surface area contributed by atoms with E-state index < -0.39 is 0 Å². The summed E-state index contributed by atoms with van der Waals surface area (Å²) in [6, 6.07) is 0.714. The summed E-state index contributed by atoms with van der Waals surface area (Å²) < 4.78 is 0. The van der Waals surface area contributed by atoms with E-state index in [1.807, 2.05) is 6.08 Å². The van der Waals surface area contributed by atoms with Crippen LogP contribution >= 0.6 is 11.6 Å². The lowest BCUT2D eigenvalue weighted by Gasteiger charge is -2.40. The molecule has 3 unspecified atom stereocenters. The second-order valence-electron chi connectivity index (χ2n) is 4.64. The van der Waals surface area contributed by atoms with Gasteiger partial charge in [0.2, 0.25) is 0 Å². The molecule has 0 spiro atoms. The number of rotatable bonds is 3. The molecule has 0 radical (unpaired) electrons. The summed E-state index contributed by atoms with van der Waals surface area (Å²) in [6.07, 6.45) is 5.60. The first-order chi connectivity index (χ1) is 6.65. The monoisotopic (exact) mass is 215 g/mol. The quantitative estimate of drug-likeness (QED) is 0.517. The molecule has 0 amide bonds. The maximum Gasteiger partial charge on any atom is 0.0404 e. The van der Waals surface area contributed by atoms with Crippen LogP contribution in [0.2, 0.25) is 0 Å². The van der Waals surface area contributed by atoms with E-state index in [0.29, 0.717) is 11.9 Å². The molecule has 0 aliphatic carbocycles. The molecule has 0 aromatic carbocycles. The number of allylic oxidation sites excluding steroid dienone is 1. The fourth-order valence-electron chi connectivity index (χ4n) is 2.35. The molecule has 0 aromatic rings. The smallest absolute Gasteiger partial charge is 0.0404 e. The molecular formula is C12H22ClN. The highest BCUT2D eigenvalue weighted by Crippen LogP contribution is 2.26.